The quantitative estimate of drug-likeness (QED) is 0.739. The molecule has 0 radical (unpaired) electrons. The van der Waals surface area contributed by atoms with Crippen LogP contribution in [0.2, 0.25) is 0 Å². The van der Waals surface area contributed by atoms with E-state index in [1.165, 1.54) is 29.7 Å². The average Bonchev–Trinajstić information content (AvgIpc) is 3.34. The molecule has 0 bridgehead atoms. The molecule has 0 unspecified atom stereocenters. The lowest BCUT2D eigenvalue weighted by Crippen LogP contribution is -2.13. The standard InChI is InChI=1S/C16H17N3O2S.CH2O3/c20-15(10-5-1-2-6-10)18-16-13(14-17-9-21-19-14)11-7-3-4-8-12(11)22-16;2-1(3)4/h5,9H,1-4,6-8H2,(H,18,20);(H2,2,3,4). The molecule has 0 aliphatic heterocycles. The monoisotopic (exact) mass is 377 g/mol. The van der Waals surface area contributed by atoms with Crippen molar-refractivity contribution in [1.82, 2.24) is 10.1 Å². The maximum absolute atomic E-state index is 12.4. The molecule has 0 spiro atoms. The Morgan fingerprint density at radius 3 is 2.58 bits per heavy atom. The van der Waals surface area contributed by atoms with Crippen molar-refractivity contribution >= 4 is 28.4 Å². The highest BCUT2D eigenvalue weighted by Crippen LogP contribution is 2.43. The number of aryl methyl sites for hydroxylation is 1. The predicted octanol–water partition coefficient (Wildman–Crippen LogP) is 3.95. The van der Waals surface area contributed by atoms with Crippen molar-refractivity contribution in [2.45, 2.75) is 44.9 Å². The predicted molar refractivity (Wildman–Crippen MR) is 95.5 cm³/mol. The average molecular weight is 377 g/mol. The van der Waals surface area contributed by atoms with Crippen LogP contribution in [-0.2, 0) is 17.6 Å². The maximum atomic E-state index is 12.4. The van der Waals surface area contributed by atoms with E-state index in [2.05, 4.69) is 15.5 Å². The summed E-state index contributed by atoms with van der Waals surface area (Å²) >= 11 is 1.67. The summed E-state index contributed by atoms with van der Waals surface area (Å²) in [6.45, 7) is 0. The molecule has 2 aromatic heterocycles. The van der Waals surface area contributed by atoms with E-state index in [1.54, 1.807) is 11.3 Å². The molecule has 9 heteroatoms. The number of hydrogen-bond donors (Lipinski definition) is 3. The third-order valence-corrected chi connectivity index (χ3v) is 5.52. The Hall–Kier alpha value is -2.68. The molecule has 2 aliphatic carbocycles. The number of carbonyl (C=O) groups excluding carboxylic acids is 1. The van der Waals surface area contributed by atoms with Crippen LogP contribution in [0.25, 0.3) is 11.4 Å². The Kier molecular flexibility index (Phi) is 5.67. The van der Waals surface area contributed by atoms with Crippen LogP contribution in [0.4, 0.5) is 9.80 Å². The number of aromatic nitrogens is 2. The molecule has 0 saturated heterocycles. The molecule has 138 valence electrons. The zero-order valence-electron chi connectivity index (χ0n) is 14.0. The first kappa shape index (κ1) is 18.1. The number of carboxylic acid groups (broad SMARTS) is 2. The van der Waals surface area contributed by atoms with E-state index in [0.717, 1.165) is 48.2 Å². The second-order valence-electron chi connectivity index (χ2n) is 6.03. The number of allylic oxidation sites excluding steroid dienone is 1. The first-order valence-corrected chi connectivity index (χ1v) is 9.21. The van der Waals surface area contributed by atoms with Crippen LogP contribution in [0.15, 0.2) is 22.6 Å². The minimum absolute atomic E-state index is 0.0147. The van der Waals surface area contributed by atoms with Crippen molar-refractivity contribution in [3.8, 4) is 11.4 Å². The van der Waals surface area contributed by atoms with Crippen molar-refractivity contribution < 1.29 is 24.3 Å². The highest BCUT2D eigenvalue weighted by atomic mass is 32.1. The van der Waals surface area contributed by atoms with Gasteiger partial charge in [0.15, 0.2) is 0 Å². The summed E-state index contributed by atoms with van der Waals surface area (Å²) in [5.41, 5.74) is 3.14. The summed E-state index contributed by atoms with van der Waals surface area (Å²) in [4.78, 5) is 26.5. The number of nitrogens with zero attached hydrogens (tertiary/aromatic N) is 2. The van der Waals surface area contributed by atoms with Gasteiger partial charge in [-0.05, 0) is 50.5 Å². The molecule has 0 fully saturated rings. The fourth-order valence-corrected chi connectivity index (χ4v) is 4.51. The molecule has 2 aromatic rings. The minimum Gasteiger partial charge on any atom is -0.450 e. The van der Waals surface area contributed by atoms with Crippen LogP contribution in [0.1, 0.15) is 42.5 Å². The number of carbonyl (C=O) groups is 2. The van der Waals surface area contributed by atoms with Gasteiger partial charge in [0.05, 0.1) is 5.56 Å². The van der Waals surface area contributed by atoms with E-state index in [9.17, 15) is 4.79 Å². The highest BCUT2D eigenvalue weighted by molar-refractivity contribution is 7.17. The molecule has 0 atom stereocenters. The zero-order chi connectivity index (χ0) is 18.5. The van der Waals surface area contributed by atoms with Crippen LogP contribution < -0.4 is 5.32 Å². The topological polar surface area (TPSA) is 126 Å². The van der Waals surface area contributed by atoms with Gasteiger partial charge in [-0.2, -0.15) is 4.98 Å². The lowest BCUT2D eigenvalue weighted by atomic mass is 9.95. The van der Waals surface area contributed by atoms with Gasteiger partial charge < -0.3 is 20.1 Å². The molecule has 2 aliphatic rings. The molecule has 26 heavy (non-hydrogen) atoms. The summed E-state index contributed by atoms with van der Waals surface area (Å²) in [5.74, 6) is 0.593. The molecule has 1 amide bonds. The van der Waals surface area contributed by atoms with Gasteiger partial charge in [-0.15, -0.1) is 11.3 Å². The van der Waals surface area contributed by atoms with E-state index in [1.807, 2.05) is 6.08 Å². The third-order valence-electron chi connectivity index (χ3n) is 4.32. The van der Waals surface area contributed by atoms with Crippen LogP contribution >= 0.6 is 11.3 Å². The number of hydrogen-bond acceptors (Lipinski definition) is 6. The lowest BCUT2D eigenvalue weighted by Gasteiger charge is -2.11. The maximum Gasteiger partial charge on any atom is 0.503 e. The summed E-state index contributed by atoms with van der Waals surface area (Å²) in [5, 5.41) is 21.9. The molecule has 0 aromatic carbocycles. The Morgan fingerprint density at radius 2 is 1.92 bits per heavy atom. The van der Waals surface area contributed by atoms with Crippen LogP contribution in [0, 0.1) is 0 Å². The summed E-state index contributed by atoms with van der Waals surface area (Å²) in [6.07, 6.45) is 8.96. The van der Waals surface area contributed by atoms with E-state index in [4.69, 9.17) is 19.5 Å². The Bertz CT molecular complexity index is 822. The van der Waals surface area contributed by atoms with Crippen LogP contribution in [0.3, 0.4) is 0 Å². The van der Waals surface area contributed by atoms with E-state index in [0.29, 0.717) is 5.82 Å². The third kappa shape index (κ3) is 4.10. The highest BCUT2D eigenvalue weighted by Gasteiger charge is 2.26. The number of thiophene rings is 1. The minimum atomic E-state index is -1.83. The van der Waals surface area contributed by atoms with E-state index < -0.39 is 6.16 Å². The number of amides is 1. The fraction of sp³-hybridized carbons (Fsp3) is 0.412. The summed E-state index contributed by atoms with van der Waals surface area (Å²) in [6, 6.07) is 0. The van der Waals surface area contributed by atoms with Crippen LogP contribution in [-0.4, -0.2) is 32.4 Å². The first-order valence-electron chi connectivity index (χ1n) is 8.39. The van der Waals surface area contributed by atoms with Gasteiger partial charge >= 0.3 is 6.16 Å². The van der Waals surface area contributed by atoms with Gasteiger partial charge in [-0.25, -0.2) is 4.79 Å². The lowest BCUT2D eigenvalue weighted by molar-refractivity contribution is -0.112. The number of anilines is 1. The van der Waals surface area contributed by atoms with E-state index in [-0.39, 0.29) is 5.91 Å². The fourth-order valence-electron chi connectivity index (χ4n) is 3.23. The number of nitrogens with one attached hydrogen (secondary N) is 1. The van der Waals surface area contributed by atoms with Gasteiger partial charge in [0.25, 0.3) is 5.91 Å². The number of fused-ring (bicyclic) bond motifs is 1. The summed E-state index contributed by atoms with van der Waals surface area (Å²) in [7, 11) is 0. The van der Waals surface area contributed by atoms with Gasteiger partial charge in [-0.3, -0.25) is 4.79 Å². The van der Waals surface area contributed by atoms with Crippen molar-refractivity contribution in [3.63, 3.8) is 0 Å². The van der Waals surface area contributed by atoms with Crippen molar-refractivity contribution in [1.29, 1.82) is 0 Å². The van der Waals surface area contributed by atoms with Gasteiger partial charge in [0.2, 0.25) is 12.2 Å². The molecule has 0 saturated carbocycles. The Morgan fingerprint density at radius 1 is 1.15 bits per heavy atom. The molecule has 3 N–H and O–H groups in total. The Balaban J connectivity index is 0.000000447. The smallest absolute Gasteiger partial charge is 0.450 e. The first-order chi connectivity index (χ1) is 12.6. The molecule has 2 heterocycles. The molecule has 8 nitrogen and oxygen atoms in total. The van der Waals surface area contributed by atoms with Gasteiger partial charge in [-0.1, -0.05) is 11.2 Å². The van der Waals surface area contributed by atoms with Crippen LogP contribution in [0.5, 0.6) is 0 Å². The molecular weight excluding hydrogens is 358 g/mol. The van der Waals surface area contributed by atoms with Crippen molar-refractivity contribution in [3.05, 3.63) is 28.5 Å². The second-order valence-corrected chi connectivity index (χ2v) is 7.13. The van der Waals surface area contributed by atoms with Crippen molar-refractivity contribution in [2.75, 3.05) is 5.32 Å². The largest absolute Gasteiger partial charge is 0.503 e. The van der Waals surface area contributed by atoms with E-state index >= 15 is 0 Å². The normalized spacial score (nSPS) is 15.5. The van der Waals surface area contributed by atoms with Crippen molar-refractivity contribution in [2.24, 2.45) is 0 Å². The second kappa shape index (κ2) is 8.13. The SMILES string of the molecule is O=C(Nc1sc2c(c1-c1ncon1)CCCC2)C1=CCCC1.O=C(O)O. The van der Waals surface area contributed by atoms with Gasteiger partial charge in [0, 0.05) is 10.5 Å². The Labute approximate surface area is 153 Å². The van der Waals surface area contributed by atoms with Gasteiger partial charge in [0.1, 0.15) is 5.00 Å². The molecule has 4 rings (SSSR count). The number of rotatable bonds is 3. The summed E-state index contributed by atoms with van der Waals surface area (Å²) < 4.78 is 4.91. The zero-order valence-corrected chi connectivity index (χ0v) is 14.8. The molecular formula is C17H19N3O5S.